The molecule has 1 aromatic heterocycles. The van der Waals surface area contributed by atoms with Crippen LogP contribution in [0.25, 0.3) is 11.0 Å². The van der Waals surface area contributed by atoms with Crippen molar-refractivity contribution in [3.8, 4) is 17.2 Å². The van der Waals surface area contributed by atoms with Crippen LogP contribution in [-0.2, 0) is 6.54 Å². The minimum atomic E-state index is -0.0121. The molecule has 0 unspecified atom stereocenters. The first-order chi connectivity index (χ1) is 15.4. The molecule has 4 rings (SSSR count). The van der Waals surface area contributed by atoms with Crippen LogP contribution in [0.1, 0.15) is 34.3 Å². The summed E-state index contributed by atoms with van der Waals surface area (Å²) in [5.74, 6) is 1.97. The highest BCUT2D eigenvalue weighted by molar-refractivity contribution is 5.95. The van der Waals surface area contributed by atoms with Crippen LogP contribution in [0, 0.1) is 19.8 Å². The molecule has 1 fully saturated rings. The van der Waals surface area contributed by atoms with Gasteiger partial charge in [-0.3, -0.25) is 4.79 Å². The zero-order valence-corrected chi connectivity index (χ0v) is 19.5. The molecule has 2 heterocycles. The standard InChI is InChI=1S/C25H31N3O4/c1-16-10-20-21(11-17(16)2)28(15-26-20)14-18-6-8-27(9-7-18)25(29)19-12-22(30-3)24(32-5)23(13-19)31-4/h10-13,15,18H,6-9,14H2,1-5H3. The second-order valence-electron chi connectivity index (χ2n) is 8.47. The molecule has 7 nitrogen and oxygen atoms in total. The van der Waals surface area contributed by atoms with Crippen LogP contribution in [0.2, 0.25) is 0 Å². The highest BCUT2D eigenvalue weighted by Gasteiger charge is 2.26. The summed E-state index contributed by atoms with van der Waals surface area (Å²) in [6.45, 7) is 6.63. The Kier molecular flexibility index (Phi) is 6.26. The summed E-state index contributed by atoms with van der Waals surface area (Å²) in [5, 5.41) is 0. The first-order valence-corrected chi connectivity index (χ1v) is 11.0. The summed E-state index contributed by atoms with van der Waals surface area (Å²) in [7, 11) is 4.66. The summed E-state index contributed by atoms with van der Waals surface area (Å²) in [4.78, 5) is 19.7. The Balaban J connectivity index is 1.44. The third kappa shape index (κ3) is 4.11. The number of fused-ring (bicyclic) bond motifs is 1. The average Bonchev–Trinajstić information content (AvgIpc) is 3.19. The first-order valence-electron chi connectivity index (χ1n) is 11.0. The predicted molar refractivity (Wildman–Crippen MR) is 124 cm³/mol. The molecule has 1 aliphatic rings. The van der Waals surface area contributed by atoms with Gasteiger partial charge in [0.1, 0.15) is 0 Å². The maximum absolute atomic E-state index is 13.2. The van der Waals surface area contributed by atoms with Gasteiger partial charge >= 0.3 is 0 Å². The third-order valence-electron chi connectivity index (χ3n) is 6.50. The van der Waals surface area contributed by atoms with E-state index < -0.39 is 0 Å². The fourth-order valence-corrected chi connectivity index (χ4v) is 4.44. The van der Waals surface area contributed by atoms with Crippen LogP contribution in [0.4, 0.5) is 0 Å². The average molecular weight is 438 g/mol. The van der Waals surface area contributed by atoms with Crippen LogP contribution in [-0.4, -0.2) is 54.8 Å². The monoisotopic (exact) mass is 437 g/mol. The smallest absolute Gasteiger partial charge is 0.254 e. The molecule has 0 atom stereocenters. The van der Waals surface area contributed by atoms with Gasteiger partial charge < -0.3 is 23.7 Å². The lowest BCUT2D eigenvalue weighted by molar-refractivity contribution is 0.0682. The minimum Gasteiger partial charge on any atom is -0.493 e. The Morgan fingerprint density at radius 3 is 2.19 bits per heavy atom. The van der Waals surface area contributed by atoms with Crippen molar-refractivity contribution >= 4 is 16.9 Å². The lowest BCUT2D eigenvalue weighted by atomic mass is 9.96. The number of hydrogen-bond acceptors (Lipinski definition) is 5. The third-order valence-corrected chi connectivity index (χ3v) is 6.50. The number of benzene rings is 2. The van der Waals surface area contributed by atoms with Crippen LogP contribution in [0.5, 0.6) is 17.2 Å². The zero-order valence-electron chi connectivity index (χ0n) is 19.5. The van der Waals surface area contributed by atoms with E-state index in [9.17, 15) is 4.79 Å². The Labute approximate surface area is 188 Å². The van der Waals surface area contributed by atoms with E-state index in [2.05, 4.69) is 35.5 Å². The number of carbonyl (C=O) groups is 1. The van der Waals surface area contributed by atoms with Crippen LogP contribution < -0.4 is 14.2 Å². The Bertz CT molecular complexity index is 1100. The van der Waals surface area contributed by atoms with Gasteiger partial charge in [-0.05, 0) is 68.0 Å². The summed E-state index contributed by atoms with van der Waals surface area (Å²) >= 11 is 0. The van der Waals surface area contributed by atoms with Gasteiger partial charge in [-0.25, -0.2) is 4.98 Å². The zero-order chi connectivity index (χ0) is 22.8. The number of piperidine rings is 1. The van der Waals surface area contributed by atoms with Crippen molar-refractivity contribution in [3.63, 3.8) is 0 Å². The summed E-state index contributed by atoms with van der Waals surface area (Å²) < 4.78 is 18.4. The molecule has 0 radical (unpaired) electrons. The number of imidazole rings is 1. The van der Waals surface area contributed by atoms with Gasteiger partial charge in [0.25, 0.3) is 5.91 Å². The number of rotatable bonds is 6. The van der Waals surface area contributed by atoms with E-state index in [1.807, 2.05) is 11.2 Å². The number of amides is 1. The van der Waals surface area contributed by atoms with Gasteiger partial charge in [-0.2, -0.15) is 0 Å². The van der Waals surface area contributed by atoms with Gasteiger partial charge in [0.05, 0.1) is 38.7 Å². The van der Waals surface area contributed by atoms with Crippen LogP contribution in [0.15, 0.2) is 30.6 Å². The number of aromatic nitrogens is 2. The molecule has 1 amide bonds. The fourth-order valence-electron chi connectivity index (χ4n) is 4.44. The number of hydrogen-bond donors (Lipinski definition) is 0. The molecular weight excluding hydrogens is 406 g/mol. The number of methoxy groups -OCH3 is 3. The van der Waals surface area contributed by atoms with Crippen molar-refractivity contribution in [1.29, 1.82) is 0 Å². The molecule has 0 spiro atoms. The summed E-state index contributed by atoms with van der Waals surface area (Å²) in [6, 6.07) is 7.82. The summed E-state index contributed by atoms with van der Waals surface area (Å²) in [6.07, 6.45) is 3.86. The van der Waals surface area contributed by atoms with E-state index in [0.717, 1.165) is 38.0 Å². The largest absolute Gasteiger partial charge is 0.493 e. The topological polar surface area (TPSA) is 65.8 Å². The van der Waals surface area contributed by atoms with Crippen molar-refractivity contribution in [1.82, 2.24) is 14.5 Å². The molecule has 0 N–H and O–H groups in total. The maximum atomic E-state index is 13.2. The number of carbonyl (C=O) groups excluding carboxylic acids is 1. The molecule has 0 bridgehead atoms. The van der Waals surface area contributed by atoms with E-state index in [4.69, 9.17) is 14.2 Å². The molecule has 32 heavy (non-hydrogen) atoms. The Morgan fingerprint density at radius 2 is 1.59 bits per heavy atom. The van der Waals surface area contributed by atoms with Crippen molar-refractivity contribution in [2.24, 2.45) is 5.92 Å². The molecule has 7 heteroatoms. The molecule has 1 saturated heterocycles. The number of likely N-dealkylation sites (tertiary alicyclic amines) is 1. The van der Waals surface area contributed by atoms with Crippen LogP contribution in [0.3, 0.4) is 0 Å². The lowest BCUT2D eigenvalue weighted by Gasteiger charge is -2.32. The second-order valence-corrected chi connectivity index (χ2v) is 8.47. The van der Waals surface area contributed by atoms with E-state index >= 15 is 0 Å². The Hall–Kier alpha value is -3.22. The van der Waals surface area contributed by atoms with Gasteiger partial charge in [0, 0.05) is 25.2 Å². The SMILES string of the molecule is COc1cc(C(=O)N2CCC(Cn3cnc4cc(C)c(C)cc43)CC2)cc(OC)c1OC. The second kappa shape index (κ2) is 9.10. The molecule has 170 valence electrons. The fraction of sp³-hybridized carbons (Fsp3) is 0.440. The van der Waals surface area contributed by atoms with Crippen LogP contribution >= 0.6 is 0 Å². The van der Waals surface area contributed by atoms with Crippen molar-refractivity contribution < 1.29 is 19.0 Å². The molecule has 2 aromatic carbocycles. The number of aryl methyl sites for hydroxylation is 2. The molecule has 0 aliphatic carbocycles. The van der Waals surface area contributed by atoms with E-state index in [-0.39, 0.29) is 5.91 Å². The van der Waals surface area contributed by atoms with E-state index in [0.29, 0.717) is 28.7 Å². The first kappa shape index (κ1) is 22.0. The molecule has 3 aromatic rings. The highest BCUT2D eigenvalue weighted by atomic mass is 16.5. The quantitative estimate of drug-likeness (QED) is 0.577. The van der Waals surface area contributed by atoms with Gasteiger partial charge in [-0.1, -0.05) is 0 Å². The highest BCUT2D eigenvalue weighted by Crippen LogP contribution is 2.38. The van der Waals surface area contributed by atoms with E-state index in [1.165, 1.54) is 16.6 Å². The molecular formula is C25H31N3O4. The van der Waals surface area contributed by atoms with Crippen molar-refractivity contribution in [2.45, 2.75) is 33.2 Å². The molecule has 1 aliphatic heterocycles. The summed E-state index contributed by atoms with van der Waals surface area (Å²) in [5.41, 5.74) is 5.32. The van der Waals surface area contributed by atoms with Gasteiger partial charge in [0.2, 0.25) is 5.75 Å². The Morgan fingerprint density at radius 1 is 0.969 bits per heavy atom. The van der Waals surface area contributed by atoms with Crippen molar-refractivity contribution in [2.75, 3.05) is 34.4 Å². The molecule has 0 saturated carbocycles. The van der Waals surface area contributed by atoms with Gasteiger partial charge in [-0.15, -0.1) is 0 Å². The number of nitrogens with zero attached hydrogens (tertiary/aromatic N) is 3. The minimum absolute atomic E-state index is 0.0121. The van der Waals surface area contributed by atoms with Crippen molar-refractivity contribution in [3.05, 3.63) is 47.3 Å². The van der Waals surface area contributed by atoms with E-state index in [1.54, 1.807) is 33.5 Å². The normalized spacial score (nSPS) is 14.6. The maximum Gasteiger partial charge on any atom is 0.254 e. The predicted octanol–water partition coefficient (Wildman–Crippen LogP) is 4.23. The van der Waals surface area contributed by atoms with Gasteiger partial charge in [0.15, 0.2) is 11.5 Å². The number of ether oxygens (including phenoxy) is 3. The lowest BCUT2D eigenvalue weighted by Crippen LogP contribution is -2.39.